The van der Waals surface area contributed by atoms with E-state index in [1.807, 2.05) is 0 Å². The van der Waals surface area contributed by atoms with Crippen molar-refractivity contribution in [1.29, 1.82) is 0 Å². The molecule has 1 aromatic carbocycles. The number of hydrogen-bond acceptors (Lipinski definition) is 10. The molecule has 0 aliphatic rings. The maximum atomic E-state index is 12.9. The second-order valence-electron chi connectivity index (χ2n) is 6.80. The summed E-state index contributed by atoms with van der Waals surface area (Å²) in [6.45, 7) is 5.24. The molecule has 3 aromatic rings. The fourth-order valence-electron chi connectivity index (χ4n) is 3.12. The summed E-state index contributed by atoms with van der Waals surface area (Å²) in [6, 6.07) is 6.57. The predicted molar refractivity (Wildman–Crippen MR) is 124 cm³/mol. The van der Waals surface area contributed by atoms with Gasteiger partial charge in [0.25, 0.3) is 5.91 Å². The van der Waals surface area contributed by atoms with E-state index in [0.29, 0.717) is 28.4 Å². The predicted octanol–water partition coefficient (Wildman–Crippen LogP) is 4.33. The van der Waals surface area contributed by atoms with Crippen LogP contribution in [0.25, 0.3) is 11.3 Å². The highest BCUT2D eigenvalue weighted by atomic mass is 32.1. The van der Waals surface area contributed by atoms with Crippen LogP contribution in [0.1, 0.15) is 49.9 Å². The summed E-state index contributed by atoms with van der Waals surface area (Å²) < 4.78 is 26.0. The van der Waals surface area contributed by atoms with Crippen molar-refractivity contribution in [3.8, 4) is 22.8 Å². The number of ether oxygens (including phenoxy) is 4. The highest BCUT2D eigenvalue weighted by molar-refractivity contribution is 7.18. The van der Waals surface area contributed by atoms with Gasteiger partial charge in [0.1, 0.15) is 9.88 Å². The first-order chi connectivity index (χ1) is 16.3. The van der Waals surface area contributed by atoms with Crippen molar-refractivity contribution in [3.63, 3.8) is 0 Å². The largest absolute Gasteiger partial charge is 0.493 e. The number of thiophene rings is 1. The Morgan fingerprint density at radius 2 is 1.68 bits per heavy atom. The molecule has 0 saturated heterocycles. The first-order valence-electron chi connectivity index (χ1n) is 10.3. The zero-order valence-corrected chi connectivity index (χ0v) is 20.2. The third-order valence-corrected chi connectivity index (χ3v) is 5.91. The molecule has 0 fully saturated rings. The van der Waals surface area contributed by atoms with Crippen LogP contribution in [-0.4, -0.2) is 50.4 Å². The van der Waals surface area contributed by atoms with Gasteiger partial charge in [-0.05, 0) is 44.5 Å². The zero-order valence-electron chi connectivity index (χ0n) is 19.3. The molecule has 1 N–H and O–H groups in total. The molecule has 34 heavy (non-hydrogen) atoms. The first kappa shape index (κ1) is 24.8. The van der Waals surface area contributed by atoms with Crippen molar-refractivity contribution in [2.24, 2.45) is 0 Å². The summed E-state index contributed by atoms with van der Waals surface area (Å²) in [5.74, 6) is -0.520. The van der Waals surface area contributed by atoms with E-state index < -0.39 is 17.8 Å². The number of aromatic nitrogens is 1. The van der Waals surface area contributed by atoms with Gasteiger partial charge in [0.15, 0.2) is 23.0 Å². The van der Waals surface area contributed by atoms with Crippen LogP contribution >= 0.6 is 11.3 Å². The lowest BCUT2D eigenvalue weighted by Crippen LogP contribution is -2.15. The SMILES string of the molecule is CCOC(=O)c1sc(NC(=O)c2cc(-c3ccc(OC)c(OC)c3)on2)c(C(=O)OCC)c1C. The topological polar surface area (TPSA) is 126 Å². The van der Waals surface area contributed by atoms with E-state index in [4.69, 9.17) is 23.5 Å². The minimum atomic E-state index is -0.659. The van der Waals surface area contributed by atoms with Crippen LogP contribution in [0.3, 0.4) is 0 Å². The third kappa shape index (κ3) is 5.04. The average molecular weight is 489 g/mol. The second kappa shape index (κ2) is 10.8. The van der Waals surface area contributed by atoms with E-state index in [0.717, 1.165) is 11.3 Å². The van der Waals surface area contributed by atoms with Crippen LogP contribution in [0.15, 0.2) is 28.8 Å². The van der Waals surface area contributed by atoms with Crippen molar-refractivity contribution < 1.29 is 37.9 Å². The van der Waals surface area contributed by atoms with Crippen LogP contribution in [0.4, 0.5) is 5.00 Å². The molecule has 2 aromatic heterocycles. The number of nitrogens with zero attached hydrogens (tertiary/aromatic N) is 1. The standard InChI is InChI=1S/C23H24N2O8S/c1-6-31-22(27)18-12(3)19(23(28)32-7-2)34-21(18)24-20(26)14-11-16(33-25-14)13-8-9-15(29-4)17(10-13)30-5/h8-11H,6-7H2,1-5H3,(H,24,26). The molecule has 0 unspecified atom stereocenters. The van der Waals surface area contributed by atoms with Gasteiger partial charge in [-0.25, -0.2) is 9.59 Å². The minimum absolute atomic E-state index is 0.0247. The van der Waals surface area contributed by atoms with Gasteiger partial charge in [0.05, 0.1) is 33.0 Å². The fraction of sp³-hybridized carbons (Fsp3) is 0.304. The Hall–Kier alpha value is -3.86. The molecule has 3 rings (SSSR count). The molecule has 180 valence electrons. The number of rotatable bonds is 9. The van der Waals surface area contributed by atoms with Gasteiger partial charge in [-0.15, -0.1) is 11.3 Å². The number of nitrogens with one attached hydrogen (secondary N) is 1. The van der Waals surface area contributed by atoms with Crippen molar-refractivity contribution in [2.75, 3.05) is 32.8 Å². The summed E-state index contributed by atoms with van der Waals surface area (Å²) in [5, 5.41) is 6.62. The number of hydrogen-bond donors (Lipinski definition) is 1. The van der Waals surface area contributed by atoms with Crippen LogP contribution in [-0.2, 0) is 9.47 Å². The molecule has 11 heteroatoms. The van der Waals surface area contributed by atoms with Gasteiger partial charge in [-0.1, -0.05) is 5.16 Å². The number of anilines is 1. The van der Waals surface area contributed by atoms with Crippen molar-refractivity contribution in [3.05, 3.63) is 46.0 Å². The van der Waals surface area contributed by atoms with E-state index in [1.54, 1.807) is 39.0 Å². The highest BCUT2D eigenvalue weighted by Gasteiger charge is 2.28. The maximum Gasteiger partial charge on any atom is 0.348 e. The fourth-order valence-corrected chi connectivity index (χ4v) is 4.20. The summed E-state index contributed by atoms with van der Waals surface area (Å²) >= 11 is 0.927. The second-order valence-corrected chi connectivity index (χ2v) is 7.82. The minimum Gasteiger partial charge on any atom is -0.493 e. The van der Waals surface area contributed by atoms with Crippen molar-refractivity contribution in [2.45, 2.75) is 20.8 Å². The molecule has 0 radical (unpaired) electrons. The molecule has 10 nitrogen and oxygen atoms in total. The molecule has 0 spiro atoms. The number of carbonyl (C=O) groups is 3. The number of carbonyl (C=O) groups excluding carboxylic acids is 3. The monoisotopic (exact) mass is 488 g/mol. The van der Waals surface area contributed by atoms with E-state index in [-0.39, 0.29) is 34.3 Å². The quantitative estimate of drug-likeness (QED) is 0.438. The van der Waals surface area contributed by atoms with Crippen molar-refractivity contribution in [1.82, 2.24) is 5.16 Å². The summed E-state index contributed by atoms with van der Waals surface area (Å²) in [6.07, 6.45) is 0. The van der Waals surface area contributed by atoms with Crippen LogP contribution in [0.5, 0.6) is 11.5 Å². The summed E-state index contributed by atoms with van der Waals surface area (Å²) in [4.78, 5) is 37.9. The van der Waals surface area contributed by atoms with Crippen LogP contribution in [0, 0.1) is 6.92 Å². The van der Waals surface area contributed by atoms with Crippen LogP contribution < -0.4 is 14.8 Å². The van der Waals surface area contributed by atoms with Gasteiger partial charge in [-0.2, -0.15) is 0 Å². The first-order valence-corrected chi connectivity index (χ1v) is 11.1. The van der Waals surface area contributed by atoms with Gasteiger partial charge in [0.2, 0.25) is 0 Å². The molecule has 0 aliphatic carbocycles. The molecular weight excluding hydrogens is 464 g/mol. The molecule has 0 bridgehead atoms. The van der Waals surface area contributed by atoms with E-state index in [1.165, 1.54) is 20.3 Å². The Morgan fingerprint density at radius 1 is 1.00 bits per heavy atom. The molecule has 2 heterocycles. The number of methoxy groups -OCH3 is 2. The number of benzene rings is 1. The Balaban J connectivity index is 1.90. The van der Waals surface area contributed by atoms with Gasteiger partial charge < -0.3 is 28.8 Å². The van der Waals surface area contributed by atoms with E-state index >= 15 is 0 Å². The normalized spacial score (nSPS) is 10.5. The van der Waals surface area contributed by atoms with Crippen LogP contribution in [0.2, 0.25) is 0 Å². The van der Waals surface area contributed by atoms with Crippen molar-refractivity contribution >= 4 is 34.2 Å². The smallest absolute Gasteiger partial charge is 0.348 e. The zero-order chi connectivity index (χ0) is 24.8. The number of amides is 1. The lowest BCUT2D eigenvalue weighted by molar-refractivity contribution is 0.0527. The highest BCUT2D eigenvalue weighted by Crippen LogP contribution is 2.35. The molecule has 0 saturated carbocycles. The molecular formula is C23H24N2O8S. The van der Waals surface area contributed by atoms with E-state index in [9.17, 15) is 14.4 Å². The Kier molecular flexibility index (Phi) is 7.90. The lowest BCUT2D eigenvalue weighted by atomic mass is 10.1. The summed E-state index contributed by atoms with van der Waals surface area (Å²) in [5.41, 5.74) is 1.05. The Morgan fingerprint density at radius 3 is 2.32 bits per heavy atom. The van der Waals surface area contributed by atoms with E-state index in [2.05, 4.69) is 10.5 Å². The van der Waals surface area contributed by atoms with Gasteiger partial charge in [0, 0.05) is 11.6 Å². The maximum absolute atomic E-state index is 12.9. The number of esters is 2. The Bertz CT molecular complexity index is 1210. The molecule has 1 amide bonds. The average Bonchev–Trinajstić information content (AvgIpc) is 3.44. The summed E-state index contributed by atoms with van der Waals surface area (Å²) in [7, 11) is 3.04. The molecule has 0 aliphatic heterocycles. The lowest BCUT2D eigenvalue weighted by Gasteiger charge is -2.07. The van der Waals surface area contributed by atoms with Gasteiger partial charge in [-0.3, -0.25) is 4.79 Å². The van der Waals surface area contributed by atoms with Gasteiger partial charge >= 0.3 is 11.9 Å². The molecule has 0 atom stereocenters. The third-order valence-electron chi connectivity index (χ3n) is 4.73. The Labute approximate surface area is 199 Å².